The van der Waals surface area contributed by atoms with Crippen molar-refractivity contribution in [2.45, 2.75) is 62.4 Å². The number of nitrogens with one attached hydrogen (secondary N) is 2. The number of hydrogen-bond acceptors (Lipinski definition) is 5. The van der Waals surface area contributed by atoms with Crippen molar-refractivity contribution < 1.29 is 19.1 Å². The van der Waals surface area contributed by atoms with Crippen LogP contribution >= 0.6 is 23.2 Å². The number of benzene rings is 2. The van der Waals surface area contributed by atoms with Crippen molar-refractivity contribution in [1.82, 2.24) is 15.1 Å². The van der Waals surface area contributed by atoms with Gasteiger partial charge in [-0.1, -0.05) is 84.9 Å². The number of carbonyl (C=O) groups excluding carboxylic acids is 3. The summed E-state index contributed by atoms with van der Waals surface area (Å²) in [5.74, 6) is -2.42. The molecule has 8 nitrogen and oxygen atoms in total. The third-order valence-corrected chi connectivity index (χ3v) is 9.46. The second kappa shape index (κ2) is 12.0. The normalized spacial score (nSPS) is 28.4. The molecule has 6 rings (SSSR count). The molecule has 42 heavy (non-hydrogen) atoms. The molecule has 4 aliphatic rings. The number of rotatable bonds is 9. The highest BCUT2D eigenvalue weighted by atomic mass is 35.5. The van der Waals surface area contributed by atoms with Gasteiger partial charge in [0.1, 0.15) is 11.6 Å². The van der Waals surface area contributed by atoms with Crippen molar-refractivity contribution in [1.29, 1.82) is 0 Å². The first-order valence-corrected chi connectivity index (χ1v) is 15.5. The van der Waals surface area contributed by atoms with Gasteiger partial charge in [0.2, 0.25) is 17.7 Å². The van der Waals surface area contributed by atoms with Crippen molar-refractivity contribution >= 4 is 46.6 Å². The lowest BCUT2D eigenvalue weighted by atomic mass is 9.74. The SMILES string of the molecule is CN(CCN1C(=O)[C@@H]2C(C(=O)Nc3cc(Cl)cc(Cl)c3)[C@@H]3C=CC2(O3)C1C(=O)NC1CCCCC1)Cc1ccccc1. The van der Waals surface area contributed by atoms with Gasteiger partial charge in [0, 0.05) is 41.4 Å². The van der Waals surface area contributed by atoms with Crippen LogP contribution in [0.25, 0.3) is 0 Å². The predicted molar refractivity (Wildman–Crippen MR) is 162 cm³/mol. The fourth-order valence-corrected chi connectivity index (χ4v) is 7.67. The van der Waals surface area contributed by atoms with Gasteiger partial charge in [0.25, 0.3) is 0 Å². The number of amides is 3. The van der Waals surface area contributed by atoms with Gasteiger partial charge in [0.05, 0.1) is 17.9 Å². The van der Waals surface area contributed by atoms with Crippen molar-refractivity contribution in [2.24, 2.45) is 11.8 Å². The average molecular weight is 612 g/mol. The third kappa shape index (κ3) is 5.57. The molecule has 1 spiro atoms. The highest BCUT2D eigenvalue weighted by Crippen LogP contribution is 2.55. The number of likely N-dealkylation sites (N-methyl/N-ethyl adjacent to an activating group) is 1. The highest BCUT2D eigenvalue weighted by molar-refractivity contribution is 6.35. The third-order valence-electron chi connectivity index (χ3n) is 9.02. The summed E-state index contributed by atoms with van der Waals surface area (Å²) in [6.07, 6.45) is 8.23. The zero-order valence-electron chi connectivity index (χ0n) is 23.6. The molecular weight excluding hydrogens is 575 g/mol. The summed E-state index contributed by atoms with van der Waals surface area (Å²) in [7, 11) is 2.00. The Morgan fingerprint density at radius 2 is 1.76 bits per heavy atom. The van der Waals surface area contributed by atoms with Gasteiger partial charge in [-0.05, 0) is 43.7 Å². The van der Waals surface area contributed by atoms with E-state index in [1.54, 1.807) is 23.1 Å². The minimum Gasteiger partial charge on any atom is -0.359 e. The van der Waals surface area contributed by atoms with E-state index in [0.717, 1.165) is 31.2 Å². The van der Waals surface area contributed by atoms with E-state index in [4.69, 9.17) is 27.9 Å². The smallest absolute Gasteiger partial charge is 0.246 e. The van der Waals surface area contributed by atoms with E-state index in [1.807, 2.05) is 37.4 Å². The van der Waals surface area contributed by atoms with Gasteiger partial charge in [0.15, 0.2) is 0 Å². The molecule has 3 unspecified atom stereocenters. The Kier molecular flexibility index (Phi) is 8.33. The van der Waals surface area contributed by atoms with E-state index in [9.17, 15) is 14.4 Å². The molecule has 0 aromatic heterocycles. The predicted octanol–water partition coefficient (Wildman–Crippen LogP) is 4.66. The zero-order valence-corrected chi connectivity index (χ0v) is 25.1. The van der Waals surface area contributed by atoms with E-state index in [0.29, 0.717) is 35.4 Å². The molecule has 0 radical (unpaired) electrons. The van der Waals surface area contributed by atoms with Crippen LogP contribution in [0.1, 0.15) is 37.7 Å². The molecule has 3 aliphatic heterocycles. The molecule has 5 atom stereocenters. The standard InChI is InChI=1S/C32H36Cl2N4O4/c1-37(19-20-8-4-2-5-9-20)14-15-38-28(30(40)35-23-10-6-3-7-11-23)32-13-12-25(42-32)26(27(32)31(38)41)29(39)36-24-17-21(33)16-22(34)18-24/h2,4-5,8-9,12-13,16-18,23,25-28H,3,6-7,10-11,14-15,19H2,1H3,(H,35,40)(H,36,39)/t25-,26?,27-,28?,32?/m0/s1. The van der Waals surface area contributed by atoms with Gasteiger partial charge in [-0.3, -0.25) is 14.4 Å². The summed E-state index contributed by atoms with van der Waals surface area (Å²) in [6.45, 7) is 1.60. The van der Waals surface area contributed by atoms with Crippen LogP contribution in [0.15, 0.2) is 60.7 Å². The lowest BCUT2D eigenvalue weighted by molar-refractivity contribution is -0.141. The van der Waals surface area contributed by atoms with Gasteiger partial charge in [-0.2, -0.15) is 0 Å². The van der Waals surface area contributed by atoms with Crippen LogP contribution < -0.4 is 10.6 Å². The van der Waals surface area contributed by atoms with Gasteiger partial charge >= 0.3 is 0 Å². The van der Waals surface area contributed by atoms with Crippen molar-refractivity contribution in [2.75, 3.05) is 25.5 Å². The van der Waals surface area contributed by atoms with E-state index < -0.39 is 29.6 Å². The second-order valence-electron chi connectivity index (χ2n) is 11.9. The van der Waals surface area contributed by atoms with E-state index in [2.05, 4.69) is 27.7 Å². The largest absolute Gasteiger partial charge is 0.359 e. The van der Waals surface area contributed by atoms with Crippen LogP contribution in [0, 0.1) is 11.8 Å². The number of anilines is 1. The van der Waals surface area contributed by atoms with Crippen LogP contribution in [-0.2, 0) is 25.7 Å². The van der Waals surface area contributed by atoms with Gasteiger partial charge in [-0.25, -0.2) is 0 Å². The molecular formula is C32H36Cl2N4O4. The molecule has 10 heteroatoms. The van der Waals surface area contributed by atoms with Gasteiger partial charge in [-0.15, -0.1) is 0 Å². The molecule has 2 saturated heterocycles. The van der Waals surface area contributed by atoms with Crippen LogP contribution in [0.5, 0.6) is 0 Å². The van der Waals surface area contributed by atoms with Crippen molar-refractivity contribution in [3.63, 3.8) is 0 Å². The summed E-state index contributed by atoms with van der Waals surface area (Å²) in [5, 5.41) is 6.90. The number of halogens is 2. The first kappa shape index (κ1) is 29.2. The van der Waals surface area contributed by atoms with Crippen LogP contribution in [0.3, 0.4) is 0 Å². The maximum absolute atomic E-state index is 14.2. The maximum Gasteiger partial charge on any atom is 0.246 e. The molecule has 3 amide bonds. The first-order valence-electron chi connectivity index (χ1n) is 14.7. The first-order chi connectivity index (χ1) is 20.2. The summed E-state index contributed by atoms with van der Waals surface area (Å²) < 4.78 is 6.47. The Morgan fingerprint density at radius 3 is 2.48 bits per heavy atom. The minimum absolute atomic E-state index is 0.0775. The van der Waals surface area contributed by atoms with Crippen molar-refractivity contribution in [3.8, 4) is 0 Å². The molecule has 2 bridgehead atoms. The number of carbonyl (C=O) groups is 3. The van der Waals surface area contributed by atoms with Crippen LogP contribution in [0.4, 0.5) is 5.69 Å². The molecule has 2 N–H and O–H groups in total. The number of fused-ring (bicyclic) bond motifs is 1. The van der Waals surface area contributed by atoms with Gasteiger partial charge < -0.3 is 25.2 Å². The maximum atomic E-state index is 14.2. The van der Waals surface area contributed by atoms with E-state index >= 15 is 0 Å². The average Bonchev–Trinajstić information content (AvgIpc) is 3.59. The number of likely N-dealkylation sites (tertiary alicyclic amines) is 1. The molecule has 1 saturated carbocycles. The Balaban J connectivity index is 1.25. The summed E-state index contributed by atoms with van der Waals surface area (Å²) in [5.41, 5.74) is 0.402. The molecule has 3 heterocycles. The molecule has 222 valence electrons. The van der Waals surface area contributed by atoms with E-state index in [-0.39, 0.29) is 23.8 Å². The summed E-state index contributed by atoms with van der Waals surface area (Å²) >= 11 is 12.3. The van der Waals surface area contributed by atoms with Crippen LogP contribution in [-0.4, -0.2) is 71.4 Å². The lowest BCUT2D eigenvalue weighted by Crippen LogP contribution is -2.57. The van der Waals surface area contributed by atoms with Crippen LogP contribution in [0.2, 0.25) is 10.0 Å². The Hall–Kier alpha value is -2.91. The zero-order chi connectivity index (χ0) is 29.4. The topological polar surface area (TPSA) is 91.0 Å². The monoisotopic (exact) mass is 610 g/mol. The fourth-order valence-electron chi connectivity index (χ4n) is 7.14. The molecule has 1 aliphatic carbocycles. The molecule has 2 aromatic carbocycles. The lowest BCUT2D eigenvalue weighted by Gasteiger charge is -2.34. The highest BCUT2D eigenvalue weighted by Gasteiger charge is 2.72. The van der Waals surface area contributed by atoms with Crippen molar-refractivity contribution in [3.05, 3.63) is 76.3 Å². The Morgan fingerprint density at radius 1 is 1.05 bits per heavy atom. The quantitative estimate of drug-likeness (QED) is 0.403. The Bertz CT molecular complexity index is 1360. The summed E-state index contributed by atoms with van der Waals surface area (Å²) in [6, 6.07) is 14.1. The molecule has 3 fully saturated rings. The van der Waals surface area contributed by atoms with E-state index in [1.165, 1.54) is 6.42 Å². The number of ether oxygens (including phenoxy) is 1. The second-order valence-corrected chi connectivity index (χ2v) is 12.8. The Labute approximate surface area is 256 Å². The molecule has 2 aromatic rings. The summed E-state index contributed by atoms with van der Waals surface area (Å²) in [4.78, 5) is 45.7. The number of hydrogen-bond donors (Lipinski definition) is 2. The minimum atomic E-state index is -1.20. The number of nitrogens with zero attached hydrogens (tertiary/aromatic N) is 2. The fraction of sp³-hybridized carbons (Fsp3) is 0.469.